The first-order chi connectivity index (χ1) is 17.0. The van der Waals surface area contributed by atoms with Crippen molar-refractivity contribution in [3.8, 4) is 0 Å². The molecule has 0 fully saturated rings. The molecule has 0 saturated carbocycles. The van der Waals surface area contributed by atoms with Gasteiger partial charge in [-0.25, -0.2) is 0 Å². The Morgan fingerprint density at radius 1 is 0.147 bits per heavy atom. The van der Waals surface area contributed by atoms with Crippen LogP contribution in [0.4, 0.5) is 0 Å². The molecule has 4 rings (SSSR count). The zero-order valence-electron chi connectivity index (χ0n) is 64.8. The van der Waals surface area contributed by atoms with Crippen molar-refractivity contribution in [1.29, 1.82) is 0 Å². The van der Waals surface area contributed by atoms with Gasteiger partial charge in [0, 0.05) is 2360 Å². The van der Waals surface area contributed by atoms with Crippen LogP contribution in [0, 0.1) is 111 Å². The first-order valence-electron chi connectivity index (χ1n) is 12.7. The Labute approximate surface area is 2490 Å². The standard InChI is InChI=1S/C36H34.CH4.72Y/c1-22-11-10-12-23(2)34(22)19-32-15-26(5)36(27(6)16-32)21-33-17-28(7)35(29(8)18-33)20-31-13-24(3)30(9)25(4)14-31;;;;;;;;;;;;;;;;;;;;;;;;;;;;;;;;;;;;;;;;;;;;;;;;;;;;;;;;;;;;;;;;;;;;;;;;;/h10H,19-21H2,1-9H3;1H4;;;;;;;;;;;;;;;;;;;;;;;;;;;;;;;;;;;;;;;;;;;;;;;;;;;;;;;;;;;;;;;;;;;;;;;;/q-8;;;;;;;;;;;;;;;;;;;;;;;;;;;;;;;;;;;;;;;;;;;;;;;;;;;;;;;;;;;;;;;;;;;;;;;;;. The summed E-state index contributed by atoms with van der Waals surface area (Å²) in [6, 6.07) is 30.0. The Hall–Kier alpha value is 76.4. The maximum atomic E-state index is 3.63. The van der Waals surface area contributed by atoms with E-state index in [0.29, 0.717) is 0 Å². The second-order valence-corrected chi connectivity index (χ2v) is 10.2. The normalized spacial score (nSPS) is 3.72. The largest absolute Gasteiger partial charge is 0.356 e. The average Bonchev–Trinajstić information content (AvgIpc) is 2.79. The van der Waals surface area contributed by atoms with E-state index < -0.39 is 0 Å². The van der Waals surface area contributed by atoms with Gasteiger partial charge in [0.2, 0.25) is 0 Å². The van der Waals surface area contributed by atoms with Gasteiger partial charge in [0.1, 0.15) is 0 Å². The number of aryl methyl sites for hydroxylation is 8. The van der Waals surface area contributed by atoms with E-state index in [1.807, 2.05) is 6.07 Å². The van der Waals surface area contributed by atoms with Crippen molar-refractivity contribution < 1.29 is 2360 Å². The van der Waals surface area contributed by atoms with Crippen molar-refractivity contribution in [3.63, 3.8) is 0 Å². The molecule has 0 saturated heterocycles. The molecule has 72 radical (unpaired) electrons. The van der Waals surface area contributed by atoms with Crippen molar-refractivity contribution in [2.24, 2.45) is 0 Å². The van der Waals surface area contributed by atoms with Crippen LogP contribution in [0.2, 0.25) is 0 Å². The molecule has 0 aliphatic heterocycles. The smallest absolute Gasteiger partial charge is 0 e. The summed E-state index contributed by atoms with van der Waals surface area (Å²) in [6.07, 6.45) is 2.41. The van der Waals surface area contributed by atoms with Crippen LogP contribution in [0.3, 0.4) is 0 Å². The minimum Gasteiger partial charge on any atom is -0.356 e. The van der Waals surface area contributed by atoms with Gasteiger partial charge in [-0.05, 0) is 0 Å². The fourth-order valence-corrected chi connectivity index (χ4v) is 5.08. The van der Waals surface area contributed by atoms with Gasteiger partial charge in [-0.2, -0.15) is 0 Å². The van der Waals surface area contributed by atoms with Crippen molar-refractivity contribution in [2.75, 3.05) is 0 Å². The van der Waals surface area contributed by atoms with E-state index in [9.17, 15) is 0 Å². The molecule has 4 aromatic carbocycles. The van der Waals surface area contributed by atoms with E-state index in [2.05, 4.69) is 111 Å². The third-order valence-electron chi connectivity index (χ3n) is 7.51. The molecule has 0 aliphatic carbocycles. The molecule has 0 aliphatic rings. The number of hydrogen-bond acceptors (Lipinski definition) is 0. The Bertz CT molecular complexity index is 1440. The summed E-state index contributed by atoms with van der Waals surface area (Å²) in [7, 11) is 0. The molecule has 0 spiro atoms. The van der Waals surface area contributed by atoms with Crippen LogP contribution in [-0.4, -0.2) is 0 Å². The van der Waals surface area contributed by atoms with Gasteiger partial charge in [-0.1, -0.05) is 62.8 Å². The Kier molecular flexibility index (Phi) is 1510. The monoisotopic (exact) mass is 6880 g/mol. The van der Waals surface area contributed by atoms with E-state index in [-0.39, 0.29) is 2360 Å². The quantitative estimate of drug-likeness (QED) is 0.172. The molecule has 0 bridgehead atoms. The first kappa shape index (κ1) is 473. The van der Waals surface area contributed by atoms with Crippen LogP contribution in [0.25, 0.3) is 0 Å². The van der Waals surface area contributed by atoms with Gasteiger partial charge < -0.3 is 71.3 Å². The maximum absolute atomic E-state index is 3.63. The Morgan fingerprint density at radius 2 is 0.239 bits per heavy atom. The van der Waals surface area contributed by atoms with Crippen LogP contribution in [0.5, 0.6) is 0 Å². The fraction of sp³-hybridized carbons (Fsp3) is 0.351. The SMILES string of the molecule is C.Cc1[c-]c(Cc2c(C)[c-]c(Cc3c(C)[c-]c(Cc4c(C)[c-]c[c-]c4C)[c-]c3C)[c-]c2C)[c-]c(C)c1C.[Y].[Y].[Y].[Y].[Y].[Y].[Y].[Y].[Y].[Y].[Y].[Y].[Y].[Y].[Y].[Y].[Y].[Y].[Y].[Y].[Y].[Y].[Y].[Y].[Y].[Y].[Y].[Y].[Y].[Y].[Y].[Y].[Y].[Y].[Y].[Y].[Y].[Y].[Y].[Y].[Y].[Y].[Y].[Y].[Y].[Y].[Y].[Y].[Y].[Y].[Y].[Y].[Y].[Y].[Y].[Y].[Y].[Y].[Y].[Y].[Y].[Y].[Y].[Y].[Y].[Y].[Y].[Y].[Y].[Y].[Y].[Y]. The summed E-state index contributed by atoms with van der Waals surface area (Å²) in [4.78, 5) is 0. The molecule has 0 heterocycles. The molecular weight excluding hydrogens is 6850 g/mol. The van der Waals surface area contributed by atoms with Gasteiger partial charge in [0.05, 0.1) is 0 Å². The topological polar surface area (TPSA) is 0 Å². The van der Waals surface area contributed by atoms with Crippen molar-refractivity contribution in [1.82, 2.24) is 0 Å². The summed E-state index contributed by atoms with van der Waals surface area (Å²) >= 11 is 0. The van der Waals surface area contributed by atoms with E-state index >= 15 is 0 Å². The molecular formula is C37H38Y72-8. The van der Waals surface area contributed by atoms with Crippen LogP contribution < -0.4 is 0 Å². The minimum absolute atomic E-state index is 0. The summed E-state index contributed by atoms with van der Waals surface area (Å²) in [5.41, 5.74) is 17.9. The third-order valence-corrected chi connectivity index (χ3v) is 7.51. The molecule has 72 heteroatoms. The van der Waals surface area contributed by atoms with Crippen LogP contribution in [0.15, 0.2) is 6.07 Å². The van der Waals surface area contributed by atoms with Crippen LogP contribution >= 0.6 is 0 Å². The number of benzene rings is 4. The second kappa shape index (κ2) is 349. The molecule has 410 valence electrons. The zero-order valence-corrected chi connectivity index (χ0v) is 269. The van der Waals surface area contributed by atoms with E-state index in [1.54, 1.807) is 0 Å². The van der Waals surface area contributed by atoms with Crippen molar-refractivity contribution in [2.45, 2.75) is 89.0 Å². The molecule has 0 aromatic heterocycles. The van der Waals surface area contributed by atoms with Gasteiger partial charge >= 0.3 is 0 Å². The number of rotatable bonds is 6. The molecule has 0 amide bonds. The molecule has 109 heavy (non-hydrogen) atoms. The third kappa shape index (κ3) is 271. The van der Waals surface area contributed by atoms with Crippen LogP contribution in [0.1, 0.15) is 90.9 Å². The Morgan fingerprint density at radius 3 is 0.349 bits per heavy atom. The fourth-order valence-electron chi connectivity index (χ4n) is 5.08. The summed E-state index contributed by atoms with van der Waals surface area (Å²) in [5.74, 6) is 0. The van der Waals surface area contributed by atoms with Gasteiger partial charge in [-0.3, -0.25) is 66.8 Å². The molecule has 0 atom stereocenters. The van der Waals surface area contributed by atoms with Crippen molar-refractivity contribution >= 4 is 0 Å². The van der Waals surface area contributed by atoms with Gasteiger partial charge in [0.15, 0.2) is 0 Å². The average molecular weight is 6880 g/mol. The molecule has 0 unspecified atom stereocenters. The second-order valence-electron chi connectivity index (χ2n) is 10.2. The number of hydrogen-bond donors (Lipinski definition) is 0. The minimum atomic E-state index is 0. The maximum Gasteiger partial charge on any atom is 0 e. The molecule has 0 nitrogen and oxygen atoms in total. The van der Waals surface area contributed by atoms with Gasteiger partial charge in [-0.15, -0.1) is 26.2 Å². The van der Waals surface area contributed by atoms with Crippen LogP contribution in [-0.2, 0) is 2370 Å². The zero-order chi connectivity index (χ0) is 26.1. The summed E-state index contributed by atoms with van der Waals surface area (Å²) in [5, 5.41) is 0. The van der Waals surface area contributed by atoms with E-state index in [0.717, 1.165) is 36.0 Å². The summed E-state index contributed by atoms with van der Waals surface area (Å²) in [6.45, 7) is 19.3. The van der Waals surface area contributed by atoms with E-state index in [4.69, 9.17) is 0 Å². The summed E-state index contributed by atoms with van der Waals surface area (Å²) < 4.78 is 0. The predicted molar refractivity (Wildman–Crippen MR) is 154 cm³/mol. The Balaban J connectivity index is -0.00000000306. The molecule has 0 N–H and O–H groups in total. The van der Waals surface area contributed by atoms with Gasteiger partial charge in [0.25, 0.3) is 0 Å². The van der Waals surface area contributed by atoms with Crippen molar-refractivity contribution in [3.05, 3.63) is 138 Å². The van der Waals surface area contributed by atoms with E-state index in [1.165, 1.54) is 66.8 Å². The molecule has 4 aromatic rings. The first-order valence-corrected chi connectivity index (χ1v) is 12.7. The predicted octanol–water partition coefficient (Wildman–Crippen LogP) is 8.09.